The second-order valence-corrected chi connectivity index (χ2v) is 11.0. The quantitative estimate of drug-likeness (QED) is 0.602. The van der Waals surface area contributed by atoms with E-state index < -0.39 is 56.4 Å². The van der Waals surface area contributed by atoms with Crippen molar-refractivity contribution in [3.63, 3.8) is 0 Å². The number of hydrogen-bond donors (Lipinski definition) is 1. The van der Waals surface area contributed by atoms with Gasteiger partial charge in [-0.25, -0.2) is 21.6 Å². The molecule has 0 heterocycles. The van der Waals surface area contributed by atoms with Crippen LogP contribution in [0.25, 0.3) is 0 Å². The van der Waals surface area contributed by atoms with Crippen LogP contribution in [0.5, 0.6) is 0 Å². The summed E-state index contributed by atoms with van der Waals surface area (Å²) in [6.07, 6.45) is 2.07. The molecule has 0 spiro atoms. The summed E-state index contributed by atoms with van der Waals surface area (Å²) in [4.78, 5) is 25.1. The van der Waals surface area contributed by atoms with Crippen LogP contribution in [0, 0.1) is 34.2 Å². The normalized spacial score (nSPS) is 24.7. The highest BCUT2D eigenvalue weighted by Gasteiger charge is 2.65. The summed E-state index contributed by atoms with van der Waals surface area (Å²) in [6.45, 7) is 5.00. The number of nitrogens with zero attached hydrogens (tertiary/aromatic N) is 1. The molecule has 0 radical (unpaired) electrons. The van der Waals surface area contributed by atoms with E-state index in [1.807, 2.05) is 13.8 Å². The van der Waals surface area contributed by atoms with Gasteiger partial charge in [-0.3, -0.25) is 9.59 Å². The maximum absolute atomic E-state index is 13.8. The number of fused-ring (bicyclic) bond motifs is 2. The zero-order valence-electron chi connectivity index (χ0n) is 17.8. The first-order valence-corrected chi connectivity index (χ1v) is 11.9. The summed E-state index contributed by atoms with van der Waals surface area (Å²) in [7, 11) is -4.00. The maximum atomic E-state index is 13.8. The monoisotopic (exact) mass is 460 g/mol. The minimum Gasteiger partial charge on any atom is -0.322 e. The van der Waals surface area contributed by atoms with Crippen LogP contribution in [-0.4, -0.2) is 43.3 Å². The molecular formula is C21H27F3N2O4S. The van der Waals surface area contributed by atoms with Gasteiger partial charge in [0.15, 0.2) is 17.5 Å². The van der Waals surface area contributed by atoms with Gasteiger partial charge in [0.2, 0.25) is 15.9 Å². The minimum atomic E-state index is -4.00. The number of carbonyl (C=O) groups is 2. The van der Waals surface area contributed by atoms with Gasteiger partial charge in [-0.2, -0.15) is 4.31 Å². The average Bonchev–Trinajstić information content (AvgIpc) is 3.02. The third-order valence-corrected chi connectivity index (χ3v) is 9.02. The number of benzene rings is 1. The van der Waals surface area contributed by atoms with E-state index in [0.717, 1.165) is 16.8 Å². The molecule has 2 aliphatic rings. The highest BCUT2D eigenvalue weighted by molar-refractivity contribution is 7.89. The van der Waals surface area contributed by atoms with Crippen molar-refractivity contribution in [3.05, 3.63) is 29.6 Å². The lowest BCUT2D eigenvalue weighted by molar-refractivity contribution is -0.128. The number of carbonyl (C=O) groups excluding carboxylic acids is 2. The van der Waals surface area contributed by atoms with E-state index in [2.05, 4.69) is 5.32 Å². The van der Waals surface area contributed by atoms with E-state index in [9.17, 15) is 31.2 Å². The number of Topliss-reactive ketones (excluding diaryl/α,β-unsaturated/α-hetero) is 1. The van der Waals surface area contributed by atoms with E-state index >= 15 is 0 Å². The van der Waals surface area contributed by atoms with E-state index in [4.69, 9.17) is 0 Å². The van der Waals surface area contributed by atoms with Gasteiger partial charge in [-0.15, -0.1) is 0 Å². The van der Waals surface area contributed by atoms with Crippen LogP contribution < -0.4 is 5.32 Å². The Morgan fingerprint density at radius 3 is 2.45 bits per heavy atom. The number of sulfonamides is 1. The highest BCUT2D eigenvalue weighted by Crippen LogP contribution is 2.64. The Labute approximate surface area is 180 Å². The summed E-state index contributed by atoms with van der Waals surface area (Å²) in [5.41, 5.74) is -2.01. The molecule has 172 valence electrons. The van der Waals surface area contributed by atoms with Crippen LogP contribution in [0.2, 0.25) is 0 Å². The second-order valence-electron chi connectivity index (χ2n) is 9.03. The number of anilines is 1. The SMILES string of the molecule is CCCN(CC(=O)Nc1ccc(F)c(F)c1F)S(=O)(=O)CC12CCC(CC1=O)C2(C)C. The molecule has 2 bridgehead atoms. The molecule has 2 unspecified atom stereocenters. The molecule has 2 atom stereocenters. The Morgan fingerprint density at radius 2 is 1.90 bits per heavy atom. The van der Waals surface area contributed by atoms with E-state index in [1.165, 1.54) is 0 Å². The van der Waals surface area contributed by atoms with Crippen LogP contribution >= 0.6 is 0 Å². The van der Waals surface area contributed by atoms with Gasteiger partial charge < -0.3 is 5.32 Å². The third kappa shape index (κ3) is 4.00. The second kappa shape index (κ2) is 8.20. The lowest BCUT2D eigenvalue weighted by Gasteiger charge is -2.37. The van der Waals surface area contributed by atoms with Gasteiger partial charge in [-0.1, -0.05) is 20.8 Å². The summed E-state index contributed by atoms with van der Waals surface area (Å²) >= 11 is 0. The van der Waals surface area contributed by atoms with Gasteiger partial charge in [-0.05, 0) is 42.7 Å². The van der Waals surface area contributed by atoms with Crippen molar-refractivity contribution in [3.8, 4) is 0 Å². The molecule has 1 N–H and O–H groups in total. The molecule has 1 aromatic carbocycles. The smallest absolute Gasteiger partial charge is 0.239 e. The molecule has 3 rings (SSSR count). The Kier molecular flexibility index (Phi) is 6.27. The van der Waals surface area contributed by atoms with Gasteiger partial charge in [0.25, 0.3) is 0 Å². The molecule has 2 fully saturated rings. The number of halogens is 3. The third-order valence-electron chi connectivity index (χ3n) is 7.06. The molecule has 2 saturated carbocycles. The molecule has 0 aliphatic heterocycles. The van der Waals surface area contributed by atoms with E-state index in [0.29, 0.717) is 25.3 Å². The van der Waals surface area contributed by atoms with E-state index in [-0.39, 0.29) is 24.0 Å². The number of hydrogen-bond acceptors (Lipinski definition) is 4. The molecular weight excluding hydrogens is 433 g/mol. The molecule has 0 saturated heterocycles. The van der Waals surface area contributed by atoms with Gasteiger partial charge in [0.1, 0.15) is 5.78 Å². The molecule has 31 heavy (non-hydrogen) atoms. The predicted octanol–water partition coefficient (Wildman–Crippen LogP) is 3.48. The number of amides is 1. The number of nitrogens with one attached hydrogen (secondary N) is 1. The molecule has 1 amide bonds. The lowest BCUT2D eigenvalue weighted by Crippen LogP contribution is -2.48. The molecule has 2 aliphatic carbocycles. The fourth-order valence-corrected chi connectivity index (χ4v) is 7.31. The summed E-state index contributed by atoms with van der Waals surface area (Å²) in [5, 5.41) is 2.10. The number of ketones is 1. The van der Waals surface area contributed by atoms with Gasteiger partial charge in [0, 0.05) is 18.4 Å². The zero-order chi connectivity index (χ0) is 23.2. The van der Waals surface area contributed by atoms with E-state index in [1.54, 1.807) is 6.92 Å². The van der Waals surface area contributed by atoms with Crippen LogP contribution in [0.1, 0.15) is 46.5 Å². The van der Waals surface area contributed by atoms with Crippen molar-refractivity contribution in [2.75, 3.05) is 24.2 Å². The topological polar surface area (TPSA) is 83.6 Å². The van der Waals surface area contributed by atoms with Gasteiger partial charge >= 0.3 is 0 Å². The van der Waals surface area contributed by atoms with Gasteiger partial charge in [0.05, 0.1) is 18.0 Å². The zero-order valence-corrected chi connectivity index (χ0v) is 18.6. The largest absolute Gasteiger partial charge is 0.322 e. The lowest BCUT2D eigenvalue weighted by atomic mass is 9.70. The average molecular weight is 461 g/mol. The number of rotatable bonds is 8. The summed E-state index contributed by atoms with van der Waals surface area (Å²) < 4.78 is 67.8. The van der Waals surface area contributed by atoms with Crippen molar-refractivity contribution >= 4 is 27.4 Å². The van der Waals surface area contributed by atoms with Crippen molar-refractivity contribution in [2.24, 2.45) is 16.7 Å². The summed E-state index contributed by atoms with van der Waals surface area (Å²) in [6, 6.07) is 1.53. The van der Waals surface area contributed by atoms with Crippen LogP contribution in [0.4, 0.5) is 18.9 Å². The first-order valence-electron chi connectivity index (χ1n) is 10.3. The molecule has 0 aromatic heterocycles. The van der Waals surface area contributed by atoms with Crippen molar-refractivity contribution < 1.29 is 31.2 Å². The first kappa shape index (κ1) is 23.7. The molecule has 1 aromatic rings. The minimum absolute atomic E-state index is 0.0319. The standard InChI is InChI=1S/C21H27F3N2O4S/c1-4-9-26(11-17(28)25-15-6-5-14(22)18(23)19(15)24)31(29,30)12-21-8-7-13(10-16(21)27)20(21,2)3/h5-6,13H,4,7-12H2,1-3H3,(H,25,28). The molecule has 10 heteroatoms. The fourth-order valence-electron chi connectivity index (χ4n) is 5.05. The Bertz CT molecular complexity index is 1010. The van der Waals surface area contributed by atoms with Crippen molar-refractivity contribution in [1.82, 2.24) is 4.31 Å². The molecule has 6 nitrogen and oxygen atoms in total. The maximum Gasteiger partial charge on any atom is 0.239 e. The van der Waals surface area contributed by atoms with Crippen LogP contribution in [-0.2, 0) is 19.6 Å². The van der Waals surface area contributed by atoms with Crippen LogP contribution in [0.3, 0.4) is 0 Å². The summed E-state index contributed by atoms with van der Waals surface area (Å²) in [5.74, 6) is -5.86. The Hall–Kier alpha value is -1.94. The first-order chi connectivity index (χ1) is 14.4. The van der Waals surface area contributed by atoms with Crippen molar-refractivity contribution in [1.29, 1.82) is 0 Å². The Balaban J connectivity index is 1.79. The fraction of sp³-hybridized carbons (Fsp3) is 0.619. The highest BCUT2D eigenvalue weighted by atomic mass is 32.2. The van der Waals surface area contributed by atoms with Crippen molar-refractivity contribution in [2.45, 2.75) is 46.5 Å². The van der Waals surface area contributed by atoms with Crippen LogP contribution in [0.15, 0.2) is 12.1 Å². The predicted molar refractivity (Wildman–Crippen MR) is 109 cm³/mol. The Morgan fingerprint density at radius 1 is 1.23 bits per heavy atom.